The molecule has 0 radical (unpaired) electrons. The fraction of sp³-hybridized carbons (Fsp3) is 0.818. The first-order valence-corrected chi connectivity index (χ1v) is 7.39. The normalized spacial score (nSPS) is 16.7. The minimum Gasteiger partial charge on any atom is -0.353 e. The highest BCUT2D eigenvalue weighted by Crippen LogP contribution is 2.18. The molecule has 0 atom stereocenters. The molecule has 0 aromatic carbocycles. The van der Waals surface area contributed by atoms with Crippen LogP contribution in [0.5, 0.6) is 0 Å². The maximum Gasteiger partial charge on any atom is 0.221 e. The lowest BCUT2D eigenvalue weighted by atomic mass is 9.95. The Hall–Kier alpha value is -1.11. The summed E-state index contributed by atoms with van der Waals surface area (Å²) in [6.45, 7) is 0. The smallest absolute Gasteiger partial charge is 0.221 e. The Morgan fingerprint density at radius 3 is 2.89 bits per heavy atom. The molecule has 1 amide bonds. The first kappa shape index (κ1) is 13.3. The largest absolute Gasteiger partial charge is 0.353 e. The average Bonchev–Trinajstić information content (AvgIpc) is 2.76. The van der Waals surface area contributed by atoms with Gasteiger partial charge in [-0.15, -0.1) is 5.10 Å². The van der Waals surface area contributed by atoms with Gasteiger partial charge in [0.15, 0.2) is 0 Å². The Bertz CT molecular complexity index is 389. The molecule has 0 bridgehead atoms. The predicted molar refractivity (Wildman–Crippen MR) is 69.2 cm³/mol. The predicted octanol–water partition coefficient (Wildman–Crippen LogP) is 1.14. The first-order chi connectivity index (χ1) is 8.75. The highest BCUT2D eigenvalue weighted by atomic mass is 32.2. The van der Waals surface area contributed by atoms with Gasteiger partial charge in [-0.3, -0.25) is 4.79 Å². The number of nitrogens with zero attached hydrogens (tertiary/aromatic N) is 4. The molecule has 0 spiro atoms. The second kappa shape index (κ2) is 6.72. The van der Waals surface area contributed by atoms with Crippen molar-refractivity contribution in [2.45, 2.75) is 49.7 Å². The van der Waals surface area contributed by atoms with Crippen molar-refractivity contribution in [3.05, 3.63) is 0 Å². The second-order valence-corrected chi connectivity index (χ2v) is 5.65. The molecule has 2 rings (SSSR count). The van der Waals surface area contributed by atoms with Gasteiger partial charge in [0, 0.05) is 25.3 Å². The molecule has 0 aliphatic heterocycles. The van der Waals surface area contributed by atoms with Gasteiger partial charge in [0.25, 0.3) is 0 Å². The van der Waals surface area contributed by atoms with Crippen molar-refractivity contribution in [3.8, 4) is 0 Å². The molecule has 18 heavy (non-hydrogen) atoms. The van der Waals surface area contributed by atoms with E-state index >= 15 is 0 Å². The second-order valence-electron chi connectivity index (χ2n) is 4.59. The number of nitrogens with one attached hydrogen (secondary N) is 1. The number of rotatable bonds is 5. The van der Waals surface area contributed by atoms with Crippen molar-refractivity contribution in [1.82, 2.24) is 25.5 Å². The third-order valence-corrected chi connectivity index (χ3v) is 4.12. The minimum absolute atomic E-state index is 0.143. The number of carbonyl (C=O) groups is 1. The summed E-state index contributed by atoms with van der Waals surface area (Å²) in [4.78, 5) is 11.7. The van der Waals surface area contributed by atoms with Crippen molar-refractivity contribution in [3.63, 3.8) is 0 Å². The highest BCUT2D eigenvalue weighted by Gasteiger charge is 2.15. The van der Waals surface area contributed by atoms with E-state index in [1.807, 2.05) is 0 Å². The van der Waals surface area contributed by atoms with Crippen LogP contribution in [0.2, 0.25) is 0 Å². The lowest BCUT2D eigenvalue weighted by Gasteiger charge is -2.22. The zero-order valence-electron chi connectivity index (χ0n) is 10.6. The minimum atomic E-state index is 0.143. The van der Waals surface area contributed by atoms with Gasteiger partial charge >= 0.3 is 0 Å². The Morgan fingerprint density at radius 2 is 2.22 bits per heavy atom. The first-order valence-electron chi connectivity index (χ1n) is 6.40. The van der Waals surface area contributed by atoms with E-state index in [-0.39, 0.29) is 5.91 Å². The number of hydrogen-bond donors (Lipinski definition) is 1. The van der Waals surface area contributed by atoms with Gasteiger partial charge in [0.1, 0.15) is 0 Å². The Kier molecular flexibility index (Phi) is 4.98. The summed E-state index contributed by atoms with van der Waals surface area (Å²) in [5, 5.41) is 15.0. The lowest BCUT2D eigenvalue weighted by molar-refractivity contribution is -0.121. The molecule has 1 saturated carbocycles. The van der Waals surface area contributed by atoms with Crippen LogP contribution in [-0.4, -0.2) is 37.9 Å². The summed E-state index contributed by atoms with van der Waals surface area (Å²) in [6, 6.07) is 0.396. The van der Waals surface area contributed by atoms with Crippen molar-refractivity contribution < 1.29 is 4.79 Å². The monoisotopic (exact) mass is 269 g/mol. The Labute approximate surface area is 111 Å². The van der Waals surface area contributed by atoms with E-state index in [2.05, 4.69) is 20.8 Å². The molecular formula is C11H19N5OS. The molecular weight excluding hydrogens is 250 g/mol. The van der Waals surface area contributed by atoms with Crippen LogP contribution in [-0.2, 0) is 11.8 Å². The van der Waals surface area contributed by atoms with Crippen LogP contribution in [0.4, 0.5) is 0 Å². The standard InChI is InChI=1S/C11H19N5OS/c1-16-11(13-14-15-16)18-8-7-10(17)12-9-5-3-2-4-6-9/h9H,2-8H2,1H3,(H,12,17). The summed E-state index contributed by atoms with van der Waals surface area (Å²) in [5.41, 5.74) is 0. The highest BCUT2D eigenvalue weighted by molar-refractivity contribution is 7.99. The van der Waals surface area contributed by atoms with Crippen LogP contribution < -0.4 is 5.32 Å². The molecule has 6 nitrogen and oxygen atoms in total. The van der Waals surface area contributed by atoms with Crippen LogP contribution in [0.25, 0.3) is 0 Å². The zero-order chi connectivity index (χ0) is 12.8. The fourth-order valence-electron chi connectivity index (χ4n) is 2.13. The molecule has 1 aromatic heterocycles. The Morgan fingerprint density at radius 1 is 1.44 bits per heavy atom. The van der Waals surface area contributed by atoms with E-state index < -0.39 is 0 Å². The Balaban J connectivity index is 1.64. The van der Waals surface area contributed by atoms with Gasteiger partial charge in [0.2, 0.25) is 11.1 Å². The van der Waals surface area contributed by atoms with Gasteiger partial charge < -0.3 is 5.32 Å². The summed E-state index contributed by atoms with van der Waals surface area (Å²) < 4.78 is 1.61. The SMILES string of the molecule is Cn1nnnc1SCCC(=O)NC1CCCCC1. The van der Waals surface area contributed by atoms with Crippen LogP contribution in [0.3, 0.4) is 0 Å². The number of carbonyl (C=O) groups excluding carboxylic acids is 1. The van der Waals surface area contributed by atoms with Gasteiger partial charge in [-0.2, -0.15) is 0 Å². The molecule has 0 saturated heterocycles. The quantitative estimate of drug-likeness (QED) is 0.812. The molecule has 1 aromatic rings. The molecule has 1 fully saturated rings. The topological polar surface area (TPSA) is 72.7 Å². The van der Waals surface area contributed by atoms with E-state index in [0.717, 1.165) is 18.0 Å². The number of aromatic nitrogens is 4. The molecule has 1 aliphatic carbocycles. The zero-order valence-corrected chi connectivity index (χ0v) is 11.4. The average molecular weight is 269 g/mol. The van der Waals surface area contributed by atoms with E-state index in [0.29, 0.717) is 18.2 Å². The van der Waals surface area contributed by atoms with Crippen LogP contribution >= 0.6 is 11.8 Å². The van der Waals surface area contributed by atoms with Gasteiger partial charge in [-0.05, 0) is 23.3 Å². The number of tetrazole rings is 1. The molecule has 0 unspecified atom stereocenters. The van der Waals surface area contributed by atoms with Gasteiger partial charge in [-0.25, -0.2) is 4.68 Å². The van der Waals surface area contributed by atoms with E-state index in [1.165, 1.54) is 31.0 Å². The molecule has 7 heteroatoms. The lowest BCUT2D eigenvalue weighted by Crippen LogP contribution is -2.36. The van der Waals surface area contributed by atoms with E-state index in [1.54, 1.807) is 11.7 Å². The third-order valence-electron chi connectivity index (χ3n) is 3.11. The summed E-state index contributed by atoms with van der Waals surface area (Å²) in [6.07, 6.45) is 6.57. The van der Waals surface area contributed by atoms with Crippen LogP contribution in [0.1, 0.15) is 38.5 Å². The maximum absolute atomic E-state index is 11.7. The van der Waals surface area contributed by atoms with Crippen LogP contribution in [0, 0.1) is 0 Å². The molecule has 1 heterocycles. The third kappa shape index (κ3) is 3.97. The summed E-state index contributed by atoms with van der Waals surface area (Å²) in [5.74, 6) is 0.858. The number of hydrogen-bond acceptors (Lipinski definition) is 5. The van der Waals surface area contributed by atoms with E-state index in [9.17, 15) is 4.79 Å². The maximum atomic E-state index is 11.7. The molecule has 100 valence electrons. The van der Waals surface area contributed by atoms with Gasteiger partial charge in [0.05, 0.1) is 0 Å². The molecule has 1 N–H and O–H groups in total. The van der Waals surface area contributed by atoms with Crippen LogP contribution in [0.15, 0.2) is 5.16 Å². The van der Waals surface area contributed by atoms with Crippen molar-refractivity contribution in [2.75, 3.05) is 5.75 Å². The number of amides is 1. The van der Waals surface area contributed by atoms with Crippen molar-refractivity contribution >= 4 is 17.7 Å². The van der Waals surface area contributed by atoms with Crippen molar-refractivity contribution in [2.24, 2.45) is 7.05 Å². The number of thioether (sulfide) groups is 1. The number of aryl methyl sites for hydroxylation is 1. The summed E-state index contributed by atoms with van der Waals surface area (Å²) >= 11 is 1.51. The molecule has 1 aliphatic rings. The van der Waals surface area contributed by atoms with E-state index in [4.69, 9.17) is 0 Å². The summed E-state index contributed by atoms with van der Waals surface area (Å²) in [7, 11) is 1.80. The van der Waals surface area contributed by atoms with Gasteiger partial charge in [-0.1, -0.05) is 31.0 Å². The fourth-order valence-corrected chi connectivity index (χ4v) is 2.91. The van der Waals surface area contributed by atoms with Crippen molar-refractivity contribution in [1.29, 1.82) is 0 Å².